The van der Waals surface area contributed by atoms with Gasteiger partial charge in [-0.3, -0.25) is 9.59 Å². The van der Waals surface area contributed by atoms with Crippen molar-refractivity contribution in [2.24, 2.45) is 5.92 Å². The van der Waals surface area contributed by atoms with Gasteiger partial charge >= 0.3 is 0 Å². The second kappa shape index (κ2) is 6.34. The second-order valence-electron chi connectivity index (χ2n) is 6.84. The largest absolute Gasteiger partial charge is 0.393 e. The minimum atomic E-state index is -0.343. The summed E-state index contributed by atoms with van der Waals surface area (Å²) >= 11 is 0. The molecule has 3 aliphatic rings. The van der Waals surface area contributed by atoms with Crippen LogP contribution >= 0.6 is 0 Å². The summed E-state index contributed by atoms with van der Waals surface area (Å²) in [5, 5.41) is 13.0. The molecule has 2 aliphatic carbocycles. The highest BCUT2D eigenvalue weighted by atomic mass is 16.3. The molecule has 0 aromatic heterocycles. The fourth-order valence-corrected chi connectivity index (χ4v) is 3.63. The predicted octanol–water partition coefficient (Wildman–Crippen LogP) is 1.20. The summed E-state index contributed by atoms with van der Waals surface area (Å²) in [4.78, 5) is 26.5. The number of rotatable bonds is 4. The summed E-state index contributed by atoms with van der Waals surface area (Å²) in [7, 11) is 0. The molecule has 1 aliphatic heterocycles. The van der Waals surface area contributed by atoms with Crippen molar-refractivity contribution in [3.63, 3.8) is 0 Å². The van der Waals surface area contributed by atoms with Gasteiger partial charge in [-0.1, -0.05) is 12.8 Å². The van der Waals surface area contributed by atoms with E-state index in [2.05, 4.69) is 5.32 Å². The van der Waals surface area contributed by atoms with E-state index < -0.39 is 0 Å². The quantitative estimate of drug-likeness (QED) is 0.818. The third-order valence-electron chi connectivity index (χ3n) is 5.11. The molecule has 0 aromatic carbocycles. The molecule has 0 unspecified atom stereocenters. The molecule has 2 saturated carbocycles. The van der Waals surface area contributed by atoms with E-state index in [9.17, 15) is 14.7 Å². The summed E-state index contributed by atoms with van der Waals surface area (Å²) in [6.45, 7) is 0.685. The Morgan fingerprint density at radius 3 is 2.52 bits per heavy atom. The zero-order chi connectivity index (χ0) is 14.8. The van der Waals surface area contributed by atoms with Gasteiger partial charge in [-0.15, -0.1) is 0 Å². The van der Waals surface area contributed by atoms with Crippen molar-refractivity contribution >= 4 is 11.8 Å². The van der Waals surface area contributed by atoms with E-state index in [1.807, 2.05) is 0 Å². The summed E-state index contributed by atoms with van der Waals surface area (Å²) < 4.78 is 0. The number of nitrogens with zero attached hydrogens (tertiary/aromatic N) is 1. The molecule has 0 aromatic rings. The van der Waals surface area contributed by atoms with Crippen LogP contribution in [0.5, 0.6) is 0 Å². The zero-order valence-corrected chi connectivity index (χ0v) is 12.6. The van der Waals surface area contributed by atoms with E-state index in [-0.39, 0.29) is 29.9 Å². The Bertz CT molecular complexity index is 408. The lowest BCUT2D eigenvalue weighted by Gasteiger charge is -2.30. The van der Waals surface area contributed by atoms with Crippen LogP contribution in [0, 0.1) is 5.92 Å². The summed E-state index contributed by atoms with van der Waals surface area (Å²) in [6.07, 6.45) is 7.77. The van der Waals surface area contributed by atoms with Crippen molar-refractivity contribution < 1.29 is 14.7 Å². The molecule has 1 saturated heterocycles. The number of hydrogen-bond acceptors (Lipinski definition) is 3. The lowest BCUT2D eigenvalue weighted by molar-refractivity contribution is -0.140. The molecule has 0 bridgehead atoms. The number of nitrogens with one attached hydrogen (secondary N) is 1. The normalized spacial score (nSPS) is 33.0. The van der Waals surface area contributed by atoms with Crippen LogP contribution in [0.3, 0.4) is 0 Å². The van der Waals surface area contributed by atoms with Crippen LogP contribution < -0.4 is 5.32 Å². The zero-order valence-electron chi connectivity index (χ0n) is 12.6. The number of aliphatic hydroxyl groups is 1. The standard InChI is InChI=1S/C16H26N2O3/c19-14-6-2-1-4-11(14)10-15(20)18-9-3-5-13(18)16(21)17-12-7-8-12/h11-14,19H,1-10H2,(H,17,21)/t11-,13-,14+/m1/s1. The Hall–Kier alpha value is -1.10. The Morgan fingerprint density at radius 2 is 1.81 bits per heavy atom. The van der Waals surface area contributed by atoms with E-state index in [4.69, 9.17) is 0 Å². The van der Waals surface area contributed by atoms with E-state index in [1.54, 1.807) is 4.90 Å². The fourth-order valence-electron chi connectivity index (χ4n) is 3.63. The Labute approximate surface area is 126 Å². The van der Waals surface area contributed by atoms with Crippen molar-refractivity contribution in [1.29, 1.82) is 0 Å². The number of hydrogen-bond donors (Lipinski definition) is 2. The van der Waals surface area contributed by atoms with E-state index >= 15 is 0 Å². The second-order valence-corrected chi connectivity index (χ2v) is 6.84. The Kier molecular flexibility index (Phi) is 4.48. The van der Waals surface area contributed by atoms with Crippen LogP contribution in [0.15, 0.2) is 0 Å². The molecule has 5 heteroatoms. The molecule has 2 amide bonds. The first-order chi connectivity index (χ1) is 10.1. The van der Waals surface area contributed by atoms with Crippen molar-refractivity contribution in [2.75, 3.05) is 6.54 Å². The van der Waals surface area contributed by atoms with Gasteiger partial charge in [0.15, 0.2) is 0 Å². The van der Waals surface area contributed by atoms with Crippen molar-refractivity contribution in [3.8, 4) is 0 Å². The van der Waals surface area contributed by atoms with Gasteiger partial charge in [-0.2, -0.15) is 0 Å². The Morgan fingerprint density at radius 1 is 1.05 bits per heavy atom. The van der Waals surface area contributed by atoms with Gasteiger partial charge in [0.25, 0.3) is 0 Å². The molecular weight excluding hydrogens is 268 g/mol. The highest BCUT2D eigenvalue weighted by molar-refractivity contribution is 5.88. The lowest BCUT2D eigenvalue weighted by atomic mass is 9.84. The van der Waals surface area contributed by atoms with Crippen molar-refractivity contribution in [2.45, 2.75) is 76.0 Å². The van der Waals surface area contributed by atoms with E-state index in [0.717, 1.165) is 51.4 Å². The molecule has 2 N–H and O–H groups in total. The molecule has 3 atom stereocenters. The van der Waals surface area contributed by atoms with Crippen LogP contribution in [-0.4, -0.2) is 46.6 Å². The molecule has 1 heterocycles. The van der Waals surface area contributed by atoms with Gasteiger partial charge in [0, 0.05) is 19.0 Å². The summed E-state index contributed by atoms with van der Waals surface area (Å²) in [5.74, 6) is 0.154. The molecule has 3 fully saturated rings. The first-order valence-corrected chi connectivity index (χ1v) is 8.43. The van der Waals surface area contributed by atoms with Gasteiger partial charge in [0.05, 0.1) is 6.10 Å². The number of carbonyl (C=O) groups is 2. The van der Waals surface area contributed by atoms with Gasteiger partial charge < -0.3 is 15.3 Å². The fraction of sp³-hybridized carbons (Fsp3) is 0.875. The third-order valence-corrected chi connectivity index (χ3v) is 5.11. The number of carbonyl (C=O) groups excluding carboxylic acids is 2. The number of likely N-dealkylation sites (tertiary alicyclic amines) is 1. The molecule has 118 valence electrons. The molecule has 3 rings (SSSR count). The predicted molar refractivity (Wildman–Crippen MR) is 78.5 cm³/mol. The average Bonchev–Trinajstić information content (AvgIpc) is 3.14. The smallest absolute Gasteiger partial charge is 0.243 e. The monoisotopic (exact) mass is 294 g/mol. The maximum atomic E-state index is 12.5. The first-order valence-electron chi connectivity index (χ1n) is 8.43. The molecule has 0 radical (unpaired) electrons. The SMILES string of the molecule is O=C(NC1CC1)[C@H]1CCCN1C(=O)C[C@H]1CCCC[C@@H]1O. The Balaban J connectivity index is 1.55. The van der Waals surface area contributed by atoms with Crippen molar-refractivity contribution in [3.05, 3.63) is 0 Å². The summed E-state index contributed by atoms with van der Waals surface area (Å²) in [6, 6.07) is 0.0639. The molecular formula is C16H26N2O3. The molecule has 5 nitrogen and oxygen atoms in total. The van der Waals surface area contributed by atoms with Crippen LogP contribution in [0.2, 0.25) is 0 Å². The molecule has 0 spiro atoms. The first kappa shape index (κ1) is 14.8. The highest BCUT2D eigenvalue weighted by Crippen LogP contribution is 2.29. The average molecular weight is 294 g/mol. The third kappa shape index (κ3) is 3.57. The van der Waals surface area contributed by atoms with Crippen molar-refractivity contribution in [1.82, 2.24) is 10.2 Å². The lowest BCUT2D eigenvalue weighted by Crippen LogP contribution is -2.47. The highest BCUT2D eigenvalue weighted by Gasteiger charge is 2.37. The van der Waals surface area contributed by atoms with Crippen LogP contribution in [0.4, 0.5) is 0 Å². The maximum Gasteiger partial charge on any atom is 0.243 e. The van der Waals surface area contributed by atoms with Crippen LogP contribution in [0.25, 0.3) is 0 Å². The van der Waals surface area contributed by atoms with Gasteiger partial charge in [-0.05, 0) is 44.4 Å². The van der Waals surface area contributed by atoms with Crippen LogP contribution in [0.1, 0.15) is 57.8 Å². The minimum Gasteiger partial charge on any atom is -0.393 e. The maximum absolute atomic E-state index is 12.5. The van der Waals surface area contributed by atoms with E-state index in [0.29, 0.717) is 19.0 Å². The van der Waals surface area contributed by atoms with Crippen LogP contribution in [-0.2, 0) is 9.59 Å². The van der Waals surface area contributed by atoms with E-state index in [1.165, 1.54) is 0 Å². The minimum absolute atomic E-state index is 0.0209. The number of aliphatic hydroxyl groups excluding tert-OH is 1. The van der Waals surface area contributed by atoms with Gasteiger partial charge in [0.2, 0.25) is 11.8 Å². The number of amides is 2. The van der Waals surface area contributed by atoms with Gasteiger partial charge in [-0.25, -0.2) is 0 Å². The topological polar surface area (TPSA) is 69.6 Å². The summed E-state index contributed by atoms with van der Waals surface area (Å²) in [5.41, 5.74) is 0. The molecule has 21 heavy (non-hydrogen) atoms. The van der Waals surface area contributed by atoms with Gasteiger partial charge in [0.1, 0.15) is 6.04 Å².